The Morgan fingerprint density at radius 3 is 2.85 bits per heavy atom. The zero-order chi connectivity index (χ0) is 14.1. The van der Waals surface area contributed by atoms with E-state index in [1.165, 1.54) is 5.56 Å². The molecule has 0 radical (unpaired) electrons. The Kier molecular flexibility index (Phi) is 3.79. The summed E-state index contributed by atoms with van der Waals surface area (Å²) in [7, 11) is 0. The number of hydrogen-bond donors (Lipinski definition) is 0. The first-order chi connectivity index (χ1) is 9.61. The van der Waals surface area contributed by atoms with Crippen molar-refractivity contribution in [2.45, 2.75) is 45.3 Å². The highest BCUT2D eigenvalue weighted by Gasteiger charge is 2.38. The smallest absolute Gasteiger partial charge is 0.227 e. The summed E-state index contributed by atoms with van der Waals surface area (Å²) in [5.41, 5.74) is 2.35. The van der Waals surface area contributed by atoms with Gasteiger partial charge in [-0.3, -0.25) is 4.79 Å². The molecular weight excluding hydrogens is 250 g/mol. The molecule has 2 aliphatic heterocycles. The number of ether oxygens (including phenoxy) is 1. The Hall–Kier alpha value is -1.35. The average molecular weight is 273 g/mol. The molecule has 1 aromatic carbocycles. The van der Waals surface area contributed by atoms with E-state index in [0.717, 1.165) is 31.5 Å². The SMILES string of the molecule is Cc1ccc(CC(=O)N2CC[C@@H]3O[C@@H](C)C[C@H]3C2)cc1. The van der Waals surface area contributed by atoms with Crippen LogP contribution in [0.4, 0.5) is 0 Å². The van der Waals surface area contributed by atoms with Gasteiger partial charge in [-0.15, -0.1) is 0 Å². The predicted octanol–water partition coefficient (Wildman–Crippen LogP) is 2.56. The molecule has 20 heavy (non-hydrogen) atoms. The van der Waals surface area contributed by atoms with Gasteiger partial charge < -0.3 is 9.64 Å². The molecule has 0 N–H and O–H groups in total. The van der Waals surface area contributed by atoms with Crippen molar-refractivity contribution in [1.82, 2.24) is 4.90 Å². The summed E-state index contributed by atoms with van der Waals surface area (Å²) in [5.74, 6) is 0.799. The van der Waals surface area contributed by atoms with Gasteiger partial charge in [-0.1, -0.05) is 29.8 Å². The predicted molar refractivity (Wildman–Crippen MR) is 78.5 cm³/mol. The van der Waals surface area contributed by atoms with Gasteiger partial charge in [0.15, 0.2) is 0 Å². The highest BCUT2D eigenvalue weighted by atomic mass is 16.5. The monoisotopic (exact) mass is 273 g/mol. The van der Waals surface area contributed by atoms with E-state index in [-0.39, 0.29) is 5.91 Å². The number of likely N-dealkylation sites (tertiary alicyclic amines) is 1. The number of carbonyl (C=O) groups is 1. The number of piperidine rings is 1. The second-order valence-electron chi connectivity index (χ2n) is 6.27. The normalized spacial score (nSPS) is 29.3. The number of carbonyl (C=O) groups excluding carboxylic acids is 1. The molecule has 0 saturated carbocycles. The molecule has 0 aliphatic carbocycles. The Labute approximate surface area is 120 Å². The topological polar surface area (TPSA) is 29.5 Å². The van der Waals surface area contributed by atoms with Crippen LogP contribution < -0.4 is 0 Å². The second-order valence-corrected chi connectivity index (χ2v) is 6.27. The third kappa shape index (κ3) is 2.88. The van der Waals surface area contributed by atoms with Crippen molar-refractivity contribution in [2.75, 3.05) is 13.1 Å². The molecule has 2 aliphatic rings. The van der Waals surface area contributed by atoms with Gasteiger partial charge in [0.2, 0.25) is 5.91 Å². The van der Waals surface area contributed by atoms with Crippen LogP contribution in [-0.2, 0) is 16.0 Å². The van der Waals surface area contributed by atoms with Crippen LogP contribution in [0.25, 0.3) is 0 Å². The van der Waals surface area contributed by atoms with Gasteiger partial charge in [0.25, 0.3) is 0 Å². The molecule has 2 heterocycles. The molecule has 3 rings (SSSR count). The number of aryl methyl sites for hydroxylation is 1. The number of benzene rings is 1. The fraction of sp³-hybridized carbons (Fsp3) is 0.588. The highest BCUT2D eigenvalue weighted by Crippen LogP contribution is 2.32. The maximum absolute atomic E-state index is 12.4. The van der Waals surface area contributed by atoms with E-state index in [9.17, 15) is 4.79 Å². The fourth-order valence-corrected chi connectivity index (χ4v) is 3.42. The molecule has 1 aromatic rings. The largest absolute Gasteiger partial charge is 0.375 e. The highest BCUT2D eigenvalue weighted by molar-refractivity contribution is 5.78. The molecule has 3 atom stereocenters. The second kappa shape index (κ2) is 5.57. The average Bonchev–Trinajstić information content (AvgIpc) is 2.80. The van der Waals surface area contributed by atoms with E-state index in [0.29, 0.717) is 24.5 Å². The van der Waals surface area contributed by atoms with Crippen molar-refractivity contribution >= 4 is 5.91 Å². The zero-order valence-corrected chi connectivity index (χ0v) is 12.3. The minimum absolute atomic E-state index is 0.256. The van der Waals surface area contributed by atoms with Crippen LogP contribution in [0.5, 0.6) is 0 Å². The molecule has 2 fully saturated rings. The lowest BCUT2D eigenvalue weighted by Gasteiger charge is -2.34. The van der Waals surface area contributed by atoms with Crippen LogP contribution >= 0.6 is 0 Å². The summed E-state index contributed by atoms with van der Waals surface area (Å²) in [6.07, 6.45) is 3.35. The van der Waals surface area contributed by atoms with Gasteiger partial charge in [-0.25, -0.2) is 0 Å². The van der Waals surface area contributed by atoms with Crippen LogP contribution in [0, 0.1) is 12.8 Å². The minimum atomic E-state index is 0.256. The molecule has 3 nitrogen and oxygen atoms in total. The Morgan fingerprint density at radius 1 is 1.35 bits per heavy atom. The van der Waals surface area contributed by atoms with Crippen molar-refractivity contribution in [3.63, 3.8) is 0 Å². The van der Waals surface area contributed by atoms with Crippen LogP contribution in [0.1, 0.15) is 30.9 Å². The number of rotatable bonds is 2. The lowest BCUT2D eigenvalue weighted by atomic mass is 9.92. The zero-order valence-electron chi connectivity index (χ0n) is 12.3. The van der Waals surface area contributed by atoms with Crippen molar-refractivity contribution in [2.24, 2.45) is 5.92 Å². The molecule has 2 saturated heterocycles. The van der Waals surface area contributed by atoms with E-state index >= 15 is 0 Å². The van der Waals surface area contributed by atoms with Crippen molar-refractivity contribution in [3.05, 3.63) is 35.4 Å². The van der Waals surface area contributed by atoms with Gasteiger partial charge in [0, 0.05) is 19.0 Å². The first-order valence-corrected chi connectivity index (χ1v) is 7.60. The van der Waals surface area contributed by atoms with E-state index in [1.54, 1.807) is 0 Å². The fourth-order valence-electron chi connectivity index (χ4n) is 3.42. The first kappa shape index (κ1) is 13.6. The van der Waals surface area contributed by atoms with Gasteiger partial charge in [0.1, 0.15) is 0 Å². The van der Waals surface area contributed by atoms with E-state index in [1.807, 2.05) is 4.90 Å². The van der Waals surface area contributed by atoms with E-state index in [2.05, 4.69) is 38.1 Å². The summed E-state index contributed by atoms with van der Waals surface area (Å²) in [6.45, 7) is 5.92. The lowest BCUT2D eigenvalue weighted by Crippen LogP contribution is -2.45. The number of amides is 1. The number of hydrogen-bond acceptors (Lipinski definition) is 2. The Balaban J connectivity index is 1.59. The van der Waals surface area contributed by atoms with Gasteiger partial charge >= 0.3 is 0 Å². The van der Waals surface area contributed by atoms with Crippen LogP contribution in [0.15, 0.2) is 24.3 Å². The lowest BCUT2D eigenvalue weighted by molar-refractivity contribution is -0.133. The van der Waals surface area contributed by atoms with Crippen LogP contribution in [-0.4, -0.2) is 36.1 Å². The van der Waals surface area contributed by atoms with Crippen LogP contribution in [0.2, 0.25) is 0 Å². The van der Waals surface area contributed by atoms with Gasteiger partial charge in [0.05, 0.1) is 18.6 Å². The Morgan fingerprint density at radius 2 is 2.10 bits per heavy atom. The third-order valence-electron chi connectivity index (χ3n) is 4.53. The maximum Gasteiger partial charge on any atom is 0.227 e. The number of nitrogens with zero attached hydrogens (tertiary/aromatic N) is 1. The summed E-state index contributed by atoms with van der Waals surface area (Å²) in [6, 6.07) is 8.25. The van der Waals surface area contributed by atoms with E-state index < -0.39 is 0 Å². The number of fused-ring (bicyclic) bond motifs is 1. The van der Waals surface area contributed by atoms with Crippen LogP contribution in [0.3, 0.4) is 0 Å². The first-order valence-electron chi connectivity index (χ1n) is 7.60. The standard InChI is InChI=1S/C17H23NO2/c1-12-3-5-14(6-4-12)10-17(19)18-8-7-16-15(11-18)9-13(2)20-16/h3-6,13,15-16H,7-11H2,1-2H3/t13-,15-,16-/m0/s1. The summed E-state index contributed by atoms with van der Waals surface area (Å²) in [4.78, 5) is 14.4. The summed E-state index contributed by atoms with van der Waals surface area (Å²) >= 11 is 0. The third-order valence-corrected chi connectivity index (χ3v) is 4.53. The molecule has 3 heteroatoms. The van der Waals surface area contributed by atoms with Crippen molar-refractivity contribution in [3.8, 4) is 0 Å². The molecule has 1 amide bonds. The quantitative estimate of drug-likeness (QED) is 0.829. The van der Waals surface area contributed by atoms with Gasteiger partial charge in [-0.2, -0.15) is 0 Å². The minimum Gasteiger partial charge on any atom is -0.375 e. The maximum atomic E-state index is 12.4. The molecule has 0 bridgehead atoms. The summed E-state index contributed by atoms with van der Waals surface area (Å²) in [5, 5.41) is 0. The Bertz CT molecular complexity index is 482. The van der Waals surface area contributed by atoms with E-state index in [4.69, 9.17) is 4.74 Å². The molecule has 0 aromatic heterocycles. The molecule has 108 valence electrons. The molecule has 0 unspecified atom stereocenters. The molecule has 0 spiro atoms. The molecular formula is C17H23NO2. The van der Waals surface area contributed by atoms with Crippen molar-refractivity contribution in [1.29, 1.82) is 0 Å². The van der Waals surface area contributed by atoms with Gasteiger partial charge in [-0.05, 0) is 32.3 Å². The summed E-state index contributed by atoms with van der Waals surface area (Å²) < 4.78 is 5.89. The van der Waals surface area contributed by atoms with Crippen molar-refractivity contribution < 1.29 is 9.53 Å².